The topological polar surface area (TPSA) is 36.4 Å². The van der Waals surface area contributed by atoms with Gasteiger partial charge in [0.15, 0.2) is 0 Å². The highest BCUT2D eigenvalue weighted by atomic mass is 19.1. The molecule has 0 saturated carbocycles. The number of likely N-dealkylation sites (tertiary alicyclic amines) is 1. The Bertz CT molecular complexity index is 1050. The number of halogens is 2. The Kier molecular flexibility index (Phi) is 6.78. The molecule has 0 N–H and O–H groups in total. The van der Waals surface area contributed by atoms with Crippen molar-refractivity contribution in [2.24, 2.45) is 0 Å². The third-order valence-corrected chi connectivity index (χ3v) is 6.01. The first-order chi connectivity index (χ1) is 15.5. The molecule has 1 fully saturated rings. The number of benzene rings is 2. The molecular formula is C26H27F2N3O. The number of para-hydroxylation sites is 1. The van der Waals surface area contributed by atoms with E-state index in [1.165, 1.54) is 18.2 Å². The predicted molar refractivity (Wildman–Crippen MR) is 121 cm³/mol. The van der Waals surface area contributed by atoms with Gasteiger partial charge in [0.25, 0.3) is 0 Å². The second-order valence-corrected chi connectivity index (χ2v) is 8.26. The lowest BCUT2D eigenvalue weighted by molar-refractivity contribution is -0.132. The van der Waals surface area contributed by atoms with E-state index in [1.807, 2.05) is 23.2 Å². The maximum absolute atomic E-state index is 14.0. The molecule has 0 unspecified atom stereocenters. The van der Waals surface area contributed by atoms with Crippen LogP contribution < -0.4 is 4.90 Å². The van der Waals surface area contributed by atoms with Crippen LogP contribution in [-0.2, 0) is 11.2 Å². The van der Waals surface area contributed by atoms with Crippen molar-refractivity contribution in [3.63, 3.8) is 0 Å². The standard InChI is InChI=1S/C26H27F2N3O/c1-30(24-6-3-2-5-22(24)28)16-14-26(32)31-15-4-7-25(31)23-13-10-20(18-29-23)17-19-8-11-21(27)12-9-19/h2-3,5-6,8-13,18,25H,4,7,14-17H2,1H3/t25-/m0/s1. The van der Waals surface area contributed by atoms with Crippen LogP contribution in [0.4, 0.5) is 14.5 Å². The number of carbonyl (C=O) groups excluding carboxylic acids is 1. The van der Waals surface area contributed by atoms with Gasteiger partial charge in [0, 0.05) is 32.8 Å². The highest BCUT2D eigenvalue weighted by Crippen LogP contribution is 2.31. The van der Waals surface area contributed by atoms with Gasteiger partial charge in [-0.25, -0.2) is 8.78 Å². The summed E-state index contributed by atoms with van der Waals surface area (Å²) >= 11 is 0. The fourth-order valence-corrected chi connectivity index (χ4v) is 4.24. The Morgan fingerprint density at radius 1 is 1.06 bits per heavy atom. The second-order valence-electron chi connectivity index (χ2n) is 8.26. The van der Waals surface area contributed by atoms with Crippen LogP contribution in [0.5, 0.6) is 0 Å². The number of rotatable bonds is 7. The van der Waals surface area contributed by atoms with Crippen molar-refractivity contribution in [3.8, 4) is 0 Å². The van der Waals surface area contributed by atoms with Gasteiger partial charge < -0.3 is 9.80 Å². The maximum Gasteiger partial charge on any atom is 0.224 e. The van der Waals surface area contributed by atoms with Crippen LogP contribution in [-0.4, -0.2) is 35.9 Å². The van der Waals surface area contributed by atoms with E-state index in [4.69, 9.17) is 0 Å². The maximum atomic E-state index is 14.0. The average Bonchev–Trinajstić information content (AvgIpc) is 3.30. The zero-order valence-electron chi connectivity index (χ0n) is 18.2. The van der Waals surface area contributed by atoms with E-state index >= 15 is 0 Å². The largest absolute Gasteiger partial charge is 0.372 e. The second kappa shape index (κ2) is 9.90. The fourth-order valence-electron chi connectivity index (χ4n) is 4.24. The summed E-state index contributed by atoms with van der Waals surface area (Å²) in [6.45, 7) is 1.17. The molecule has 3 aromatic rings. The molecule has 1 saturated heterocycles. The molecule has 32 heavy (non-hydrogen) atoms. The van der Waals surface area contributed by atoms with Gasteiger partial charge in [0.05, 0.1) is 17.4 Å². The first kappa shape index (κ1) is 21.9. The van der Waals surface area contributed by atoms with E-state index in [0.717, 1.165) is 29.7 Å². The lowest BCUT2D eigenvalue weighted by Gasteiger charge is -2.26. The van der Waals surface area contributed by atoms with Gasteiger partial charge in [0.1, 0.15) is 11.6 Å². The molecule has 1 aromatic heterocycles. The van der Waals surface area contributed by atoms with Crippen molar-refractivity contribution < 1.29 is 13.6 Å². The SMILES string of the molecule is CN(CCC(=O)N1CCC[C@H]1c1ccc(Cc2ccc(F)cc2)cn1)c1ccccc1F. The summed E-state index contributed by atoms with van der Waals surface area (Å²) in [4.78, 5) is 21.2. The van der Waals surface area contributed by atoms with Crippen LogP contribution in [0.3, 0.4) is 0 Å². The molecule has 1 amide bonds. The van der Waals surface area contributed by atoms with E-state index < -0.39 is 0 Å². The monoisotopic (exact) mass is 435 g/mol. The Morgan fingerprint density at radius 3 is 2.53 bits per heavy atom. The zero-order chi connectivity index (χ0) is 22.5. The van der Waals surface area contributed by atoms with Crippen molar-refractivity contribution in [1.29, 1.82) is 0 Å². The van der Waals surface area contributed by atoms with E-state index in [1.54, 1.807) is 42.3 Å². The van der Waals surface area contributed by atoms with E-state index in [0.29, 0.717) is 31.6 Å². The van der Waals surface area contributed by atoms with Crippen LogP contribution in [0.2, 0.25) is 0 Å². The number of carbonyl (C=O) groups is 1. The quantitative estimate of drug-likeness (QED) is 0.516. The Labute approximate surface area is 187 Å². The highest BCUT2D eigenvalue weighted by molar-refractivity contribution is 5.77. The van der Waals surface area contributed by atoms with E-state index in [9.17, 15) is 13.6 Å². The van der Waals surface area contributed by atoms with Crippen LogP contribution in [0.1, 0.15) is 42.1 Å². The van der Waals surface area contributed by atoms with Gasteiger partial charge in [-0.2, -0.15) is 0 Å². The summed E-state index contributed by atoms with van der Waals surface area (Å²) in [7, 11) is 1.80. The predicted octanol–water partition coefficient (Wildman–Crippen LogP) is 5.14. The molecular weight excluding hydrogens is 408 g/mol. The van der Waals surface area contributed by atoms with Gasteiger partial charge in [-0.1, -0.05) is 30.3 Å². The smallest absolute Gasteiger partial charge is 0.224 e. The minimum atomic E-state index is -0.286. The van der Waals surface area contributed by atoms with Crippen molar-refractivity contribution >= 4 is 11.6 Å². The minimum Gasteiger partial charge on any atom is -0.372 e. The Hall–Kier alpha value is -3.28. The minimum absolute atomic E-state index is 0.0267. The lowest BCUT2D eigenvalue weighted by Crippen LogP contribution is -2.33. The Balaban J connectivity index is 1.36. The molecule has 1 aliphatic rings. The first-order valence-electron chi connectivity index (χ1n) is 11.0. The average molecular weight is 436 g/mol. The summed E-state index contributed by atoms with van der Waals surface area (Å²) < 4.78 is 27.1. The third kappa shape index (κ3) is 5.13. The number of pyridine rings is 1. The zero-order valence-corrected chi connectivity index (χ0v) is 18.2. The van der Waals surface area contributed by atoms with Gasteiger partial charge in [-0.15, -0.1) is 0 Å². The number of anilines is 1. The number of hydrogen-bond donors (Lipinski definition) is 0. The number of nitrogens with zero attached hydrogens (tertiary/aromatic N) is 3. The Morgan fingerprint density at radius 2 is 1.81 bits per heavy atom. The summed E-state index contributed by atoms with van der Waals surface area (Å²) in [6.07, 6.45) is 4.68. The molecule has 0 radical (unpaired) electrons. The molecule has 4 rings (SSSR count). The van der Waals surface area contributed by atoms with Gasteiger partial charge in [0.2, 0.25) is 5.91 Å². The van der Waals surface area contributed by atoms with Gasteiger partial charge in [-0.3, -0.25) is 9.78 Å². The molecule has 6 heteroatoms. The van der Waals surface area contributed by atoms with E-state index in [2.05, 4.69) is 4.98 Å². The van der Waals surface area contributed by atoms with Crippen LogP contribution in [0, 0.1) is 11.6 Å². The van der Waals surface area contributed by atoms with Crippen molar-refractivity contribution in [3.05, 3.63) is 95.3 Å². The van der Waals surface area contributed by atoms with Gasteiger partial charge >= 0.3 is 0 Å². The molecule has 4 nitrogen and oxygen atoms in total. The molecule has 2 aromatic carbocycles. The molecule has 166 valence electrons. The first-order valence-corrected chi connectivity index (χ1v) is 11.0. The molecule has 1 aliphatic heterocycles. The normalized spacial score (nSPS) is 15.7. The summed E-state index contributed by atoms with van der Waals surface area (Å²) in [5, 5.41) is 0. The fraction of sp³-hybridized carbons (Fsp3) is 0.308. The number of aromatic nitrogens is 1. The molecule has 1 atom stereocenters. The number of amides is 1. The lowest BCUT2D eigenvalue weighted by atomic mass is 10.0. The van der Waals surface area contributed by atoms with E-state index in [-0.39, 0.29) is 23.6 Å². The summed E-state index contributed by atoms with van der Waals surface area (Å²) in [6, 6.07) is 17.1. The van der Waals surface area contributed by atoms with Crippen LogP contribution in [0.15, 0.2) is 66.9 Å². The highest BCUT2D eigenvalue weighted by Gasteiger charge is 2.30. The summed E-state index contributed by atoms with van der Waals surface area (Å²) in [5.74, 6) is -0.465. The molecule has 0 spiro atoms. The van der Waals surface area contributed by atoms with Crippen molar-refractivity contribution in [2.75, 3.05) is 25.0 Å². The third-order valence-electron chi connectivity index (χ3n) is 6.01. The van der Waals surface area contributed by atoms with Gasteiger partial charge in [-0.05, 0) is 60.7 Å². The molecule has 0 bridgehead atoms. The molecule has 2 heterocycles. The van der Waals surface area contributed by atoms with Crippen molar-refractivity contribution in [2.45, 2.75) is 31.7 Å². The molecule has 0 aliphatic carbocycles. The number of hydrogen-bond acceptors (Lipinski definition) is 3. The van der Waals surface area contributed by atoms with Crippen molar-refractivity contribution in [1.82, 2.24) is 9.88 Å². The summed E-state index contributed by atoms with van der Waals surface area (Å²) in [5.41, 5.74) is 3.46. The van der Waals surface area contributed by atoms with Crippen LogP contribution in [0.25, 0.3) is 0 Å². The van der Waals surface area contributed by atoms with Crippen LogP contribution >= 0.6 is 0 Å².